The zero-order chi connectivity index (χ0) is 13.8. The molecule has 0 saturated carbocycles. The van der Waals surface area contributed by atoms with Crippen molar-refractivity contribution in [2.24, 2.45) is 0 Å². The molecule has 0 aromatic heterocycles. The van der Waals surface area contributed by atoms with E-state index in [2.05, 4.69) is 0 Å². The van der Waals surface area contributed by atoms with E-state index in [1.165, 1.54) is 36.0 Å². The van der Waals surface area contributed by atoms with Gasteiger partial charge in [0.2, 0.25) is 0 Å². The van der Waals surface area contributed by atoms with E-state index in [1.54, 1.807) is 12.1 Å². The first-order valence-corrected chi connectivity index (χ1v) is 6.35. The van der Waals surface area contributed by atoms with Crippen molar-refractivity contribution in [3.8, 4) is 0 Å². The molecular weight excluding hydrogens is 272 g/mol. The molecule has 0 N–H and O–H groups in total. The molecule has 0 radical (unpaired) electrons. The van der Waals surface area contributed by atoms with Crippen LogP contribution in [0.3, 0.4) is 0 Å². The van der Waals surface area contributed by atoms with Gasteiger partial charge < -0.3 is 0 Å². The Morgan fingerprint density at radius 1 is 1.05 bits per heavy atom. The molecule has 0 saturated heterocycles. The number of nitro groups is 1. The van der Waals surface area contributed by atoms with E-state index in [0.29, 0.717) is 11.3 Å². The molecule has 0 amide bonds. The van der Waals surface area contributed by atoms with Gasteiger partial charge >= 0.3 is 0 Å². The van der Waals surface area contributed by atoms with Crippen LogP contribution in [0.5, 0.6) is 0 Å². The summed E-state index contributed by atoms with van der Waals surface area (Å²) in [6.45, 7) is 0. The second kappa shape index (κ2) is 5.79. The van der Waals surface area contributed by atoms with Gasteiger partial charge in [0.05, 0.1) is 4.92 Å². The van der Waals surface area contributed by atoms with Crippen LogP contribution in [0.25, 0.3) is 0 Å². The summed E-state index contributed by atoms with van der Waals surface area (Å²) in [4.78, 5) is 10.8. The Balaban J connectivity index is 2.03. The minimum absolute atomic E-state index is 0.0150. The monoisotopic (exact) mass is 281 g/mol. The molecule has 0 fully saturated rings. The minimum Gasteiger partial charge on any atom is -0.258 e. The highest BCUT2D eigenvalue weighted by Gasteiger charge is 2.05. The first-order valence-electron chi connectivity index (χ1n) is 5.37. The van der Waals surface area contributed by atoms with Crippen LogP contribution in [0.15, 0.2) is 47.4 Å². The molecule has 2 rings (SSSR count). The first-order chi connectivity index (χ1) is 9.04. The standard InChI is InChI=1S/C13H9F2NO2S/c14-10-5-9(6-11(15)7-10)8-19-13-3-1-12(2-4-13)16(17)18/h1-7H,8H2. The highest BCUT2D eigenvalue weighted by atomic mass is 32.2. The van der Waals surface area contributed by atoms with Crippen molar-refractivity contribution in [3.05, 3.63) is 69.8 Å². The van der Waals surface area contributed by atoms with E-state index in [-0.39, 0.29) is 5.69 Å². The van der Waals surface area contributed by atoms with Gasteiger partial charge in [-0.3, -0.25) is 10.1 Å². The van der Waals surface area contributed by atoms with Crippen LogP contribution >= 0.6 is 11.8 Å². The third kappa shape index (κ3) is 3.75. The molecular formula is C13H9F2NO2S. The number of nitrogens with zero attached hydrogens (tertiary/aromatic N) is 1. The van der Waals surface area contributed by atoms with E-state index in [4.69, 9.17) is 0 Å². The van der Waals surface area contributed by atoms with E-state index >= 15 is 0 Å². The Bertz CT molecular complexity index is 582. The largest absolute Gasteiger partial charge is 0.269 e. The van der Waals surface area contributed by atoms with Crippen molar-refractivity contribution in [1.82, 2.24) is 0 Å². The lowest BCUT2D eigenvalue weighted by Gasteiger charge is -2.02. The number of rotatable bonds is 4. The summed E-state index contributed by atoms with van der Waals surface area (Å²) in [7, 11) is 0. The fourth-order valence-corrected chi connectivity index (χ4v) is 2.35. The van der Waals surface area contributed by atoms with Gasteiger partial charge in [0.15, 0.2) is 0 Å². The molecule has 0 heterocycles. The second-order valence-corrected chi connectivity index (χ2v) is 4.87. The Kier molecular flexibility index (Phi) is 4.11. The van der Waals surface area contributed by atoms with Gasteiger partial charge in [0.1, 0.15) is 11.6 Å². The van der Waals surface area contributed by atoms with Crippen LogP contribution in [0.4, 0.5) is 14.5 Å². The lowest BCUT2D eigenvalue weighted by Crippen LogP contribution is -1.88. The predicted molar refractivity (Wildman–Crippen MR) is 69.0 cm³/mol. The number of hydrogen-bond acceptors (Lipinski definition) is 3. The van der Waals surface area contributed by atoms with Crippen LogP contribution < -0.4 is 0 Å². The molecule has 0 spiro atoms. The first kappa shape index (κ1) is 13.5. The molecule has 2 aromatic rings. The third-order valence-corrected chi connectivity index (χ3v) is 3.46. The van der Waals surface area contributed by atoms with Gasteiger partial charge in [0, 0.05) is 28.8 Å². The molecule has 6 heteroatoms. The molecule has 0 bridgehead atoms. The van der Waals surface area contributed by atoms with E-state index < -0.39 is 16.6 Å². The average Bonchev–Trinajstić information content (AvgIpc) is 2.36. The lowest BCUT2D eigenvalue weighted by molar-refractivity contribution is -0.384. The quantitative estimate of drug-likeness (QED) is 0.480. The number of non-ortho nitro benzene ring substituents is 1. The summed E-state index contributed by atoms with van der Waals surface area (Å²) in [5.41, 5.74) is 0.544. The van der Waals surface area contributed by atoms with Crippen molar-refractivity contribution in [3.63, 3.8) is 0 Å². The van der Waals surface area contributed by atoms with Gasteiger partial charge in [-0.15, -0.1) is 11.8 Å². The summed E-state index contributed by atoms with van der Waals surface area (Å²) < 4.78 is 25.9. The maximum atomic E-state index is 13.0. The highest BCUT2D eigenvalue weighted by molar-refractivity contribution is 7.98. The van der Waals surface area contributed by atoms with Crippen molar-refractivity contribution < 1.29 is 13.7 Å². The SMILES string of the molecule is O=[N+]([O-])c1ccc(SCc2cc(F)cc(F)c2)cc1. The van der Waals surface area contributed by atoms with E-state index in [9.17, 15) is 18.9 Å². The van der Waals surface area contributed by atoms with Crippen LogP contribution in [0, 0.1) is 21.7 Å². The summed E-state index contributed by atoms with van der Waals surface area (Å²) in [5.74, 6) is -0.828. The Morgan fingerprint density at radius 2 is 1.63 bits per heavy atom. The second-order valence-electron chi connectivity index (χ2n) is 3.82. The maximum absolute atomic E-state index is 13.0. The van der Waals surface area contributed by atoms with Gasteiger partial charge in [-0.2, -0.15) is 0 Å². The van der Waals surface area contributed by atoms with Gasteiger partial charge in [0.25, 0.3) is 5.69 Å². The van der Waals surface area contributed by atoms with E-state index in [0.717, 1.165) is 11.0 Å². The summed E-state index contributed by atoms with van der Waals surface area (Å²) in [6.07, 6.45) is 0. The molecule has 0 aliphatic rings. The molecule has 2 aromatic carbocycles. The van der Waals surface area contributed by atoms with Gasteiger partial charge in [-0.1, -0.05) is 0 Å². The van der Waals surface area contributed by atoms with Crippen molar-refractivity contribution in [1.29, 1.82) is 0 Å². The Morgan fingerprint density at radius 3 is 2.16 bits per heavy atom. The van der Waals surface area contributed by atoms with Crippen molar-refractivity contribution in [2.75, 3.05) is 0 Å². The average molecular weight is 281 g/mol. The Labute approximate surface area is 112 Å². The number of thioether (sulfide) groups is 1. The van der Waals surface area contributed by atoms with Crippen LogP contribution in [0.2, 0.25) is 0 Å². The Hall–Kier alpha value is -1.95. The molecule has 0 aliphatic heterocycles. The highest BCUT2D eigenvalue weighted by Crippen LogP contribution is 2.25. The van der Waals surface area contributed by atoms with Gasteiger partial charge in [-0.05, 0) is 29.8 Å². The van der Waals surface area contributed by atoms with Crippen molar-refractivity contribution >= 4 is 17.4 Å². The van der Waals surface area contributed by atoms with Crippen LogP contribution in [-0.4, -0.2) is 4.92 Å². The topological polar surface area (TPSA) is 43.1 Å². The number of benzene rings is 2. The fraction of sp³-hybridized carbons (Fsp3) is 0.0769. The fourth-order valence-electron chi connectivity index (χ4n) is 1.53. The molecule has 0 unspecified atom stereocenters. The maximum Gasteiger partial charge on any atom is 0.269 e. The molecule has 98 valence electrons. The summed E-state index contributed by atoms with van der Waals surface area (Å²) in [5, 5.41) is 10.5. The van der Waals surface area contributed by atoms with Crippen molar-refractivity contribution in [2.45, 2.75) is 10.6 Å². The summed E-state index contributed by atoms with van der Waals surface area (Å²) in [6, 6.07) is 9.36. The zero-order valence-electron chi connectivity index (χ0n) is 9.68. The van der Waals surface area contributed by atoms with Gasteiger partial charge in [-0.25, -0.2) is 8.78 Å². The minimum atomic E-state index is -0.612. The van der Waals surface area contributed by atoms with Crippen LogP contribution in [-0.2, 0) is 5.75 Å². The van der Waals surface area contributed by atoms with E-state index in [1.807, 2.05) is 0 Å². The smallest absolute Gasteiger partial charge is 0.258 e. The number of hydrogen-bond donors (Lipinski definition) is 0. The molecule has 0 aliphatic carbocycles. The predicted octanol–water partition coefficient (Wildman–Crippen LogP) is 4.17. The normalized spacial score (nSPS) is 10.4. The zero-order valence-corrected chi connectivity index (χ0v) is 10.5. The summed E-state index contributed by atoms with van der Waals surface area (Å²) >= 11 is 1.36. The molecule has 19 heavy (non-hydrogen) atoms. The van der Waals surface area contributed by atoms with Crippen LogP contribution in [0.1, 0.15) is 5.56 Å². The number of nitro benzene ring substituents is 1. The molecule has 3 nitrogen and oxygen atoms in total. The molecule has 0 atom stereocenters. The number of halogens is 2. The lowest BCUT2D eigenvalue weighted by atomic mass is 10.2. The third-order valence-electron chi connectivity index (χ3n) is 2.38.